The summed E-state index contributed by atoms with van der Waals surface area (Å²) in [5.41, 5.74) is 8.36. The monoisotopic (exact) mass is 288 g/mol. The van der Waals surface area contributed by atoms with Gasteiger partial charge in [0.05, 0.1) is 6.04 Å². The van der Waals surface area contributed by atoms with Crippen LogP contribution in [0, 0.1) is 0 Å². The van der Waals surface area contributed by atoms with Gasteiger partial charge >= 0.3 is 0 Å². The van der Waals surface area contributed by atoms with Gasteiger partial charge in [0, 0.05) is 12.1 Å². The van der Waals surface area contributed by atoms with Crippen LogP contribution in [0.3, 0.4) is 0 Å². The molecule has 0 spiro atoms. The molecule has 2 rings (SSSR count). The van der Waals surface area contributed by atoms with Crippen molar-refractivity contribution in [1.29, 1.82) is 0 Å². The van der Waals surface area contributed by atoms with Crippen LogP contribution in [0.5, 0.6) is 0 Å². The van der Waals surface area contributed by atoms with Crippen molar-refractivity contribution < 1.29 is 4.52 Å². The molecule has 0 radical (unpaired) electrons. The van der Waals surface area contributed by atoms with Crippen molar-refractivity contribution in [3.8, 4) is 11.5 Å². The molecular weight excluding hydrogens is 264 g/mol. The van der Waals surface area contributed by atoms with Gasteiger partial charge in [-0.05, 0) is 37.2 Å². The highest BCUT2D eigenvalue weighted by Gasteiger charge is 2.17. The van der Waals surface area contributed by atoms with Gasteiger partial charge in [-0.2, -0.15) is 4.98 Å². The molecule has 0 saturated heterocycles. The third-order valence-corrected chi connectivity index (χ3v) is 3.33. The Morgan fingerprint density at radius 2 is 1.81 bits per heavy atom. The van der Waals surface area contributed by atoms with E-state index in [-0.39, 0.29) is 11.5 Å². The van der Waals surface area contributed by atoms with Crippen LogP contribution in [-0.2, 0) is 5.41 Å². The molecular formula is C16H24N4O. The Bertz CT molecular complexity index is 581. The molecule has 0 aliphatic heterocycles. The minimum absolute atomic E-state index is 0.132. The number of nitrogens with zero attached hydrogens (tertiary/aromatic N) is 3. The maximum Gasteiger partial charge on any atom is 0.257 e. The van der Waals surface area contributed by atoms with Gasteiger partial charge in [-0.3, -0.25) is 0 Å². The van der Waals surface area contributed by atoms with Crippen molar-refractivity contribution in [1.82, 2.24) is 15.0 Å². The third-order valence-electron chi connectivity index (χ3n) is 3.33. The molecule has 0 aliphatic rings. The Morgan fingerprint density at radius 1 is 1.19 bits per heavy atom. The fourth-order valence-electron chi connectivity index (χ4n) is 2.09. The van der Waals surface area contributed by atoms with Crippen LogP contribution in [0.4, 0.5) is 0 Å². The lowest BCUT2D eigenvalue weighted by molar-refractivity contribution is 0.357. The molecule has 5 nitrogen and oxygen atoms in total. The van der Waals surface area contributed by atoms with E-state index in [2.05, 4.69) is 43.0 Å². The number of rotatable bonds is 4. The third kappa shape index (κ3) is 3.89. The van der Waals surface area contributed by atoms with Crippen molar-refractivity contribution >= 4 is 0 Å². The summed E-state index contributed by atoms with van der Waals surface area (Å²) in [7, 11) is 3.93. The Kier molecular flexibility index (Phi) is 4.44. The lowest BCUT2D eigenvalue weighted by atomic mass is 9.87. The second-order valence-electron chi connectivity index (χ2n) is 6.65. The fourth-order valence-corrected chi connectivity index (χ4v) is 2.09. The summed E-state index contributed by atoms with van der Waals surface area (Å²) in [5, 5.41) is 3.98. The van der Waals surface area contributed by atoms with E-state index in [0.29, 0.717) is 18.3 Å². The van der Waals surface area contributed by atoms with Gasteiger partial charge in [0.15, 0.2) is 5.82 Å². The van der Waals surface area contributed by atoms with Crippen LogP contribution in [0.25, 0.3) is 11.5 Å². The smallest absolute Gasteiger partial charge is 0.257 e. The van der Waals surface area contributed by atoms with Gasteiger partial charge in [-0.1, -0.05) is 38.1 Å². The lowest BCUT2D eigenvalue weighted by Crippen LogP contribution is -2.26. The van der Waals surface area contributed by atoms with E-state index in [1.165, 1.54) is 5.56 Å². The van der Waals surface area contributed by atoms with Gasteiger partial charge in [-0.25, -0.2) is 0 Å². The Morgan fingerprint density at radius 3 is 2.33 bits per heavy atom. The molecule has 2 N–H and O–H groups in total. The molecule has 2 aromatic rings. The van der Waals surface area contributed by atoms with Crippen LogP contribution in [0.15, 0.2) is 28.8 Å². The van der Waals surface area contributed by atoms with E-state index in [0.717, 1.165) is 5.56 Å². The first kappa shape index (κ1) is 15.7. The summed E-state index contributed by atoms with van der Waals surface area (Å²) in [6.07, 6.45) is 0. The molecule has 0 bridgehead atoms. The van der Waals surface area contributed by atoms with Crippen molar-refractivity contribution in [3.05, 3.63) is 35.7 Å². The van der Waals surface area contributed by atoms with Crippen molar-refractivity contribution in [2.75, 3.05) is 20.6 Å². The van der Waals surface area contributed by atoms with E-state index < -0.39 is 0 Å². The predicted molar refractivity (Wildman–Crippen MR) is 83.9 cm³/mol. The van der Waals surface area contributed by atoms with Crippen molar-refractivity contribution in [3.63, 3.8) is 0 Å². The highest BCUT2D eigenvalue weighted by molar-refractivity contribution is 5.53. The Labute approximate surface area is 126 Å². The molecule has 0 aliphatic carbocycles. The SMILES string of the molecule is CN(C)CC(N)c1noc(-c2ccc(C(C)(C)C)cc2)n1. The second-order valence-corrected chi connectivity index (χ2v) is 6.65. The standard InChI is InChI=1S/C16H24N4O/c1-16(2,3)12-8-6-11(7-9-12)15-18-14(19-21-15)13(17)10-20(4)5/h6-9,13H,10,17H2,1-5H3. The minimum atomic E-state index is -0.244. The van der Waals surface area contributed by atoms with Crippen LogP contribution in [-0.4, -0.2) is 35.7 Å². The first-order valence-electron chi connectivity index (χ1n) is 7.12. The summed E-state index contributed by atoms with van der Waals surface area (Å²) < 4.78 is 5.32. The maximum absolute atomic E-state index is 6.04. The van der Waals surface area contributed by atoms with Crippen LogP contribution < -0.4 is 5.73 Å². The number of likely N-dealkylation sites (N-methyl/N-ethyl adjacent to an activating group) is 1. The van der Waals surface area contributed by atoms with E-state index in [1.54, 1.807) is 0 Å². The lowest BCUT2D eigenvalue weighted by Gasteiger charge is -2.18. The molecule has 0 saturated carbocycles. The van der Waals surface area contributed by atoms with Gasteiger partial charge < -0.3 is 15.2 Å². The molecule has 21 heavy (non-hydrogen) atoms. The van der Waals surface area contributed by atoms with Crippen molar-refractivity contribution in [2.45, 2.75) is 32.2 Å². The molecule has 0 fully saturated rings. The van der Waals surface area contributed by atoms with E-state index in [4.69, 9.17) is 10.3 Å². The molecule has 1 unspecified atom stereocenters. The first-order valence-corrected chi connectivity index (χ1v) is 7.12. The molecule has 0 amide bonds. The topological polar surface area (TPSA) is 68.2 Å². The molecule has 1 aromatic carbocycles. The zero-order valence-corrected chi connectivity index (χ0v) is 13.4. The first-order chi connectivity index (χ1) is 9.77. The molecule has 1 atom stereocenters. The van der Waals surface area contributed by atoms with Crippen LogP contribution >= 0.6 is 0 Å². The summed E-state index contributed by atoms with van der Waals surface area (Å²) in [5.74, 6) is 1.05. The van der Waals surface area contributed by atoms with Gasteiger partial charge in [0.1, 0.15) is 0 Å². The normalized spacial score (nSPS) is 13.7. The van der Waals surface area contributed by atoms with E-state index in [1.807, 2.05) is 31.1 Å². The highest BCUT2D eigenvalue weighted by atomic mass is 16.5. The van der Waals surface area contributed by atoms with Crippen molar-refractivity contribution in [2.24, 2.45) is 5.73 Å². The van der Waals surface area contributed by atoms with Gasteiger partial charge in [0.2, 0.25) is 0 Å². The molecule has 114 valence electrons. The Hall–Kier alpha value is -1.72. The second kappa shape index (κ2) is 5.95. The minimum Gasteiger partial charge on any atom is -0.334 e. The van der Waals surface area contributed by atoms with E-state index >= 15 is 0 Å². The zero-order valence-electron chi connectivity index (χ0n) is 13.4. The van der Waals surface area contributed by atoms with Crippen LogP contribution in [0.1, 0.15) is 38.2 Å². The van der Waals surface area contributed by atoms with E-state index in [9.17, 15) is 0 Å². The average Bonchev–Trinajstić information content (AvgIpc) is 2.86. The quantitative estimate of drug-likeness (QED) is 0.936. The zero-order chi connectivity index (χ0) is 15.6. The summed E-state index contributed by atoms with van der Waals surface area (Å²) in [6.45, 7) is 7.25. The van der Waals surface area contributed by atoms with Gasteiger partial charge in [-0.15, -0.1) is 0 Å². The predicted octanol–water partition coefficient (Wildman–Crippen LogP) is 2.60. The molecule has 5 heteroatoms. The van der Waals surface area contributed by atoms with Gasteiger partial charge in [0.25, 0.3) is 5.89 Å². The largest absolute Gasteiger partial charge is 0.334 e. The number of hydrogen-bond donors (Lipinski definition) is 1. The average molecular weight is 288 g/mol. The maximum atomic E-state index is 6.04. The fraction of sp³-hybridized carbons (Fsp3) is 0.500. The number of nitrogens with two attached hydrogens (primary N) is 1. The highest BCUT2D eigenvalue weighted by Crippen LogP contribution is 2.25. The molecule has 1 aromatic heterocycles. The Balaban J connectivity index is 2.18. The summed E-state index contributed by atoms with van der Waals surface area (Å²) in [6, 6.07) is 7.97. The number of hydrogen-bond acceptors (Lipinski definition) is 5. The summed E-state index contributed by atoms with van der Waals surface area (Å²) in [4.78, 5) is 6.39. The molecule has 1 heterocycles. The number of aromatic nitrogens is 2. The summed E-state index contributed by atoms with van der Waals surface area (Å²) >= 11 is 0. The van der Waals surface area contributed by atoms with Crippen LogP contribution in [0.2, 0.25) is 0 Å². The number of benzene rings is 1.